The molecule has 2 aliphatic rings. The van der Waals surface area contributed by atoms with Crippen LogP contribution in [0.2, 0.25) is 0 Å². The van der Waals surface area contributed by atoms with Crippen LogP contribution in [0.25, 0.3) is 0 Å². The summed E-state index contributed by atoms with van der Waals surface area (Å²) in [5, 5.41) is 0. The minimum Gasteiger partial charge on any atom is -0.497 e. The Balaban J connectivity index is 1.60. The minimum absolute atomic E-state index is 0.00500. The maximum absolute atomic E-state index is 12.3. The smallest absolute Gasteiger partial charge is 0.288 e. The highest BCUT2D eigenvalue weighted by atomic mass is 16.5. The highest BCUT2D eigenvalue weighted by Crippen LogP contribution is 2.19. The van der Waals surface area contributed by atoms with Gasteiger partial charge in [0, 0.05) is 12.2 Å². The van der Waals surface area contributed by atoms with Gasteiger partial charge in [-0.1, -0.05) is 0 Å². The number of methoxy groups -OCH3 is 1. The van der Waals surface area contributed by atoms with Gasteiger partial charge in [0.1, 0.15) is 5.75 Å². The summed E-state index contributed by atoms with van der Waals surface area (Å²) in [6, 6.07) is 7.87. The Hall–Kier alpha value is -2.08. The zero-order valence-corrected chi connectivity index (χ0v) is 13.7. The van der Waals surface area contributed by atoms with Gasteiger partial charge in [0.05, 0.1) is 39.7 Å². The number of amides is 2. The maximum Gasteiger partial charge on any atom is 0.288 e. The number of hydrogen-bond acceptors (Lipinski definition) is 4. The number of nitrogens with zero attached hydrogens (tertiary/aromatic N) is 2. The number of piperazine rings is 1. The number of likely N-dealkylation sites (N-methyl/N-ethyl adjacent to an activating group) is 1. The van der Waals surface area contributed by atoms with Crippen LogP contribution in [0.4, 0.5) is 5.69 Å². The molecule has 2 saturated heterocycles. The van der Waals surface area contributed by atoms with Gasteiger partial charge in [-0.15, -0.1) is 0 Å². The van der Waals surface area contributed by atoms with Gasteiger partial charge < -0.3 is 14.5 Å². The van der Waals surface area contributed by atoms with Gasteiger partial charge in [0.25, 0.3) is 5.91 Å². The molecule has 2 aliphatic heterocycles. The number of carbonyl (C=O) groups excluding carboxylic acids is 2. The van der Waals surface area contributed by atoms with Gasteiger partial charge in [0.15, 0.2) is 6.04 Å². The summed E-state index contributed by atoms with van der Waals surface area (Å²) in [5.74, 6) is 0.839. The zero-order chi connectivity index (χ0) is 16.4. The third kappa shape index (κ3) is 3.03. The molecule has 1 atom stereocenters. The Bertz CT molecular complexity index is 579. The number of nitrogens with one attached hydrogen (secondary N) is 1. The number of hydrogen-bond donors (Lipinski definition) is 1. The predicted octanol–water partition coefficient (Wildman–Crippen LogP) is -0.452. The van der Waals surface area contributed by atoms with E-state index in [2.05, 4.69) is 17.0 Å². The van der Waals surface area contributed by atoms with E-state index >= 15 is 0 Å². The Morgan fingerprint density at radius 2 is 1.83 bits per heavy atom. The molecule has 0 saturated carbocycles. The fourth-order valence-electron chi connectivity index (χ4n) is 3.53. The van der Waals surface area contributed by atoms with Crippen LogP contribution < -0.4 is 14.5 Å². The van der Waals surface area contributed by atoms with E-state index in [0.717, 1.165) is 31.9 Å². The van der Waals surface area contributed by atoms with Gasteiger partial charge in [-0.2, -0.15) is 0 Å². The molecule has 23 heavy (non-hydrogen) atoms. The molecule has 0 spiro atoms. The molecular formula is C17H24N3O3+. The number of quaternary nitrogens is 1. The lowest BCUT2D eigenvalue weighted by molar-refractivity contribution is -0.915. The third-order valence-corrected chi connectivity index (χ3v) is 4.90. The molecule has 2 fully saturated rings. The van der Waals surface area contributed by atoms with Crippen molar-refractivity contribution in [3.63, 3.8) is 0 Å². The number of ether oxygens (including phenoxy) is 1. The number of benzene rings is 1. The summed E-state index contributed by atoms with van der Waals surface area (Å²) < 4.78 is 5.19. The van der Waals surface area contributed by atoms with Crippen molar-refractivity contribution in [2.24, 2.45) is 0 Å². The molecule has 1 aromatic rings. The normalized spacial score (nSPS) is 22.8. The summed E-state index contributed by atoms with van der Waals surface area (Å²) in [6.07, 6.45) is 0.366. The van der Waals surface area contributed by atoms with Gasteiger partial charge >= 0.3 is 0 Å². The summed E-state index contributed by atoms with van der Waals surface area (Å²) >= 11 is 0. The molecule has 0 aromatic heterocycles. The first-order valence-electron chi connectivity index (χ1n) is 8.21. The quantitative estimate of drug-likeness (QED) is 0.764. The van der Waals surface area contributed by atoms with Crippen molar-refractivity contribution in [3.8, 4) is 5.75 Å². The van der Waals surface area contributed by atoms with Crippen molar-refractivity contribution in [1.82, 2.24) is 4.90 Å². The van der Waals surface area contributed by atoms with E-state index in [1.165, 1.54) is 15.5 Å². The lowest BCUT2D eigenvalue weighted by atomic mass is 10.1. The summed E-state index contributed by atoms with van der Waals surface area (Å²) in [7, 11) is 1.66. The number of rotatable bonds is 4. The average molecular weight is 318 g/mol. The second-order valence-corrected chi connectivity index (χ2v) is 6.08. The third-order valence-electron chi connectivity index (χ3n) is 4.90. The monoisotopic (exact) mass is 318 g/mol. The van der Waals surface area contributed by atoms with Gasteiger partial charge in [-0.05, 0) is 31.2 Å². The molecule has 1 N–H and O–H groups in total. The largest absolute Gasteiger partial charge is 0.497 e. The Morgan fingerprint density at radius 1 is 1.17 bits per heavy atom. The van der Waals surface area contributed by atoms with E-state index < -0.39 is 0 Å². The summed E-state index contributed by atoms with van der Waals surface area (Å²) in [4.78, 5) is 29.2. The van der Waals surface area contributed by atoms with Crippen LogP contribution in [0.15, 0.2) is 24.3 Å². The van der Waals surface area contributed by atoms with E-state index in [1.54, 1.807) is 7.11 Å². The topological polar surface area (TPSA) is 54.3 Å². The van der Waals surface area contributed by atoms with E-state index in [4.69, 9.17) is 4.74 Å². The van der Waals surface area contributed by atoms with Crippen LogP contribution in [-0.2, 0) is 9.59 Å². The second kappa shape index (κ2) is 6.58. The van der Waals surface area contributed by atoms with Crippen LogP contribution in [-0.4, -0.2) is 62.6 Å². The van der Waals surface area contributed by atoms with Crippen LogP contribution in [0.3, 0.4) is 0 Å². The molecule has 0 radical (unpaired) electrons. The molecule has 3 rings (SSSR count). The van der Waals surface area contributed by atoms with E-state index in [1.807, 2.05) is 19.1 Å². The number of likely N-dealkylation sites (tertiary alicyclic amines) is 1. The first-order chi connectivity index (χ1) is 11.1. The Labute approximate surface area is 136 Å². The molecule has 0 unspecified atom stereocenters. The van der Waals surface area contributed by atoms with Crippen molar-refractivity contribution < 1.29 is 19.2 Å². The molecule has 0 aliphatic carbocycles. The second-order valence-electron chi connectivity index (χ2n) is 6.08. The Morgan fingerprint density at radius 3 is 2.35 bits per heavy atom. The average Bonchev–Trinajstić information content (AvgIpc) is 2.89. The highest BCUT2D eigenvalue weighted by Gasteiger charge is 2.44. The van der Waals surface area contributed by atoms with E-state index in [0.29, 0.717) is 13.0 Å². The number of anilines is 1. The standard InChI is InChI=1S/C17H23N3O3/c1-3-20-16(21)12-15(17(20)22)19-10-8-18(9-11-19)13-4-6-14(23-2)7-5-13/h4-7,15H,3,8-12H2,1-2H3/p+1/t15-/m1/s1. The summed E-state index contributed by atoms with van der Waals surface area (Å²) in [5.41, 5.74) is 1.17. The van der Waals surface area contributed by atoms with Crippen molar-refractivity contribution >= 4 is 17.5 Å². The molecule has 124 valence electrons. The SMILES string of the molecule is CCN1C(=O)C[C@@H]([NH+]2CCN(c3ccc(OC)cc3)CC2)C1=O. The minimum atomic E-state index is -0.180. The zero-order valence-electron chi connectivity index (χ0n) is 13.7. The fourth-order valence-corrected chi connectivity index (χ4v) is 3.53. The molecule has 0 bridgehead atoms. The first-order valence-corrected chi connectivity index (χ1v) is 8.21. The van der Waals surface area contributed by atoms with E-state index in [-0.39, 0.29) is 17.9 Å². The van der Waals surface area contributed by atoms with Crippen molar-refractivity contribution in [1.29, 1.82) is 0 Å². The maximum atomic E-state index is 12.3. The van der Waals surface area contributed by atoms with Crippen LogP contribution in [0.5, 0.6) is 5.75 Å². The molecule has 2 amide bonds. The molecular weight excluding hydrogens is 294 g/mol. The van der Waals surface area contributed by atoms with Crippen LogP contribution in [0.1, 0.15) is 13.3 Å². The highest BCUT2D eigenvalue weighted by molar-refractivity contribution is 6.04. The Kier molecular flexibility index (Phi) is 4.52. The molecule has 1 aromatic carbocycles. The first kappa shape index (κ1) is 15.8. The number of carbonyl (C=O) groups is 2. The lowest BCUT2D eigenvalue weighted by Crippen LogP contribution is -3.19. The predicted molar refractivity (Wildman–Crippen MR) is 86.7 cm³/mol. The van der Waals surface area contributed by atoms with Crippen LogP contribution in [0, 0.1) is 0 Å². The van der Waals surface area contributed by atoms with Gasteiger partial charge in [0.2, 0.25) is 5.91 Å². The van der Waals surface area contributed by atoms with Crippen molar-refractivity contribution in [2.45, 2.75) is 19.4 Å². The molecule has 2 heterocycles. The number of imide groups is 1. The van der Waals surface area contributed by atoms with E-state index in [9.17, 15) is 9.59 Å². The van der Waals surface area contributed by atoms with Crippen molar-refractivity contribution in [3.05, 3.63) is 24.3 Å². The van der Waals surface area contributed by atoms with Gasteiger partial charge in [-0.3, -0.25) is 14.5 Å². The van der Waals surface area contributed by atoms with Crippen LogP contribution >= 0.6 is 0 Å². The molecule has 6 heteroatoms. The summed E-state index contributed by atoms with van der Waals surface area (Å²) in [6.45, 7) is 5.90. The lowest BCUT2D eigenvalue weighted by Gasteiger charge is -2.35. The molecule has 6 nitrogen and oxygen atoms in total. The fraction of sp³-hybridized carbons (Fsp3) is 0.529. The van der Waals surface area contributed by atoms with Gasteiger partial charge in [-0.25, -0.2) is 0 Å². The van der Waals surface area contributed by atoms with Crippen molar-refractivity contribution in [2.75, 3.05) is 44.7 Å².